The van der Waals surface area contributed by atoms with Gasteiger partial charge in [0.25, 0.3) is 11.6 Å². The van der Waals surface area contributed by atoms with Gasteiger partial charge in [0, 0.05) is 18.2 Å². The minimum Gasteiger partial charge on any atom is -0.370 e. The third-order valence-corrected chi connectivity index (χ3v) is 2.50. The molecule has 1 aromatic carbocycles. The van der Waals surface area contributed by atoms with Crippen LogP contribution in [0.3, 0.4) is 0 Å². The molecule has 0 aromatic heterocycles. The highest BCUT2D eigenvalue weighted by atomic mass is 35.5. The zero-order valence-electron chi connectivity index (χ0n) is 10.3. The molecule has 0 aliphatic rings. The number of hydrogen-bond donors (Lipinski definition) is 2. The van der Waals surface area contributed by atoms with E-state index in [2.05, 4.69) is 5.32 Å². The summed E-state index contributed by atoms with van der Waals surface area (Å²) in [4.78, 5) is 32.1. The van der Waals surface area contributed by atoms with Gasteiger partial charge in [0.05, 0.1) is 11.5 Å². The van der Waals surface area contributed by atoms with Gasteiger partial charge in [0.1, 0.15) is 11.6 Å². The smallest absolute Gasteiger partial charge is 0.288 e. The summed E-state index contributed by atoms with van der Waals surface area (Å²) < 4.78 is 4.84. The second-order valence-corrected chi connectivity index (χ2v) is 4.11. The molecule has 0 aliphatic carbocycles. The first-order valence-electron chi connectivity index (χ1n) is 5.50. The van der Waals surface area contributed by atoms with E-state index in [1.807, 2.05) is 0 Å². The molecular formula is C11H12ClN3O5. The molecule has 0 unspecified atom stereocenters. The van der Waals surface area contributed by atoms with Gasteiger partial charge in [-0.05, 0) is 12.1 Å². The van der Waals surface area contributed by atoms with E-state index in [4.69, 9.17) is 22.1 Å². The summed E-state index contributed by atoms with van der Waals surface area (Å²) in [5.41, 5.74) is 4.62. The number of primary amides is 1. The number of nitro benzene ring substituents is 1. The van der Waals surface area contributed by atoms with Gasteiger partial charge in [-0.1, -0.05) is 11.6 Å². The number of nitrogens with zero attached hydrogens (tertiary/aromatic N) is 1. The number of nitrogens with two attached hydrogens (primary N) is 1. The molecular weight excluding hydrogens is 290 g/mol. The van der Waals surface area contributed by atoms with Crippen molar-refractivity contribution >= 4 is 29.1 Å². The Morgan fingerprint density at radius 2 is 2.15 bits per heavy atom. The number of amides is 2. The van der Waals surface area contributed by atoms with Crippen molar-refractivity contribution in [2.75, 3.05) is 19.8 Å². The summed E-state index contributed by atoms with van der Waals surface area (Å²) in [6.45, 7) is 0.00911. The maximum absolute atomic E-state index is 11.7. The maximum atomic E-state index is 11.7. The first-order chi connectivity index (χ1) is 9.41. The summed E-state index contributed by atoms with van der Waals surface area (Å²) in [5, 5.41) is 13.1. The predicted molar refractivity (Wildman–Crippen MR) is 70.5 cm³/mol. The molecule has 1 rings (SSSR count). The van der Waals surface area contributed by atoms with Gasteiger partial charge < -0.3 is 15.8 Å². The van der Waals surface area contributed by atoms with Crippen LogP contribution < -0.4 is 11.1 Å². The Morgan fingerprint density at radius 3 is 2.75 bits per heavy atom. The van der Waals surface area contributed by atoms with E-state index in [-0.39, 0.29) is 36.0 Å². The topological polar surface area (TPSA) is 125 Å². The second kappa shape index (κ2) is 7.41. The number of carbonyl (C=O) groups excluding carboxylic acids is 2. The Kier molecular flexibility index (Phi) is 5.88. The molecule has 3 N–H and O–H groups in total. The Labute approximate surface area is 119 Å². The second-order valence-electron chi connectivity index (χ2n) is 3.70. The molecule has 2 amide bonds. The van der Waals surface area contributed by atoms with E-state index in [9.17, 15) is 19.7 Å². The third kappa shape index (κ3) is 4.82. The van der Waals surface area contributed by atoms with Gasteiger partial charge in [-0.2, -0.15) is 0 Å². The Bertz CT molecular complexity index is 535. The van der Waals surface area contributed by atoms with Crippen LogP contribution in [0.25, 0.3) is 0 Å². The minimum atomic E-state index is -0.672. The molecule has 0 spiro atoms. The van der Waals surface area contributed by atoms with Crippen molar-refractivity contribution in [1.82, 2.24) is 5.32 Å². The summed E-state index contributed by atoms with van der Waals surface area (Å²) >= 11 is 5.63. The minimum absolute atomic E-state index is 0.0451. The molecule has 1 aromatic rings. The van der Waals surface area contributed by atoms with Gasteiger partial charge in [-0.15, -0.1) is 0 Å². The molecule has 0 fully saturated rings. The average Bonchev–Trinajstić information content (AvgIpc) is 2.37. The molecule has 0 saturated heterocycles. The van der Waals surface area contributed by atoms with Gasteiger partial charge in [0.2, 0.25) is 5.91 Å². The molecule has 8 nitrogen and oxygen atoms in total. The highest BCUT2D eigenvalue weighted by Gasteiger charge is 2.15. The van der Waals surface area contributed by atoms with Gasteiger partial charge >= 0.3 is 0 Å². The fraction of sp³-hybridized carbons (Fsp3) is 0.273. The van der Waals surface area contributed by atoms with Crippen molar-refractivity contribution in [2.24, 2.45) is 5.73 Å². The monoisotopic (exact) mass is 301 g/mol. The number of nitro groups is 1. The number of ether oxygens (including phenoxy) is 1. The number of hydrogen-bond acceptors (Lipinski definition) is 5. The van der Waals surface area contributed by atoms with E-state index in [1.165, 1.54) is 12.1 Å². The first kappa shape index (κ1) is 15.9. The largest absolute Gasteiger partial charge is 0.370 e. The molecule has 0 saturated carbocycles. The van der Waals surface area contributed by atoms with Gasteiger partial charge in [-0.3, -0.25) is 19.7 Å². The summed E-state index contributed by atoms with van der Waals surface area (Å²) in [7, 11) is 0. The molecule has 108 valence electrons. The lowest BCUT2D eigenvalue weighted by molar-refractivity contribution is -0.384. The molecule has 0 heterocycles. The van der Waals surface area contributed by atoms with Crippen LogP contribution in [-0.2, 0) is 9.53 Å². The van der Waals surface area contributed by atoms with Crippen molar-refractivity contribution in [3.8, 4) is 0 Å². The summed E-state index contributed by atoms with van der Waals surface area (Å²) in [5.74, 6) is -1.11. The fourth-order valence-corrected chi connectivity index (χ4v) is 1.49. The average molecular weight is 302 g/mol. The molecule has 0 aliphatic heterocycles. The predicted octanol–water partition coefficient (Wildman–Crippen LogP) is 0.480. The lowest BCUT2D eigenvalue weighted by atomic mass is 10.2. The number of nitrogens with one attached hydrogen (secondary N) is 1. The van der Waals surface area contributed by atoms with Crippen LogP contribution in [0.5, 0.6) is 0 Å². The van der Waals surface area contributed by atoms with Crippen molar-refractivity contribution in [3.05, 3.63) is 38.9 Å². The van der Waals surface area contributed by atoms with E-state index in [0.717, 1.165) is 6.07 Å². The van der Waals surface area contributed by atoms with E-state index < -0.39 is 16.7 Å². The zero-order valence-corrected chi connectivity index (χ0v) is 11.1. The molecule has 9 heteroatoms. The Balaban J connectivity index is 2.53. The van der Waals surface area contributed by atoms with Crippen LogP contribution in [0, 0.1) is 10.1 Å². The summed E-state index contributed by atoms with van der Waals surface area (Å²) in [6.07, 6.45) is 0. The molecule has 20 heavy (non-hydrogen) atoms. The maximum Gasteiger partial charge on any atom is 0.288 e. The number of rotatable bonds is 7. The molecule has 0 atom stereocenters. The SMILES string of the molecule is NC(=O)COCCNC(=O)c1ccc(Cl)c([N+](=O)[O-])c1. The number of benzene rings is 1. The van der Waals surface area contributed by atoms with Crippen molar-refractivity contribution in [3.63, 3.8) is 0 Å². The van der Waals surface area contributed by atoms with Crippen molar-refractivity contribution in [2.45, 2.75) is 0 Å². The van der Waals surface area contributed by atoms with Crippen LogP contribution >= 0.6 is 11.6 Å². The van der Waals surface area contributed by atoms with Crippen molar-refractivity contribution < 1.29 is 19.2 Å². The first-order valence-corrected chi connectivity index (χ1v) is 5.88. The molecule has 0 radical (unpaired) electrons. The van der Waals surface area contributed by atoms with E-state index >= 15 is 0 Å². The lowest BCUT2D eigenvalue weighted by Gasteiger charge is -2.05. The normalized spacial score (nSPS) is 10.1. The van der Waals surface area contributed by atoms with E-state index in [0.29, 0.717) is 0 Å². The quantitative estimate of drug-likeness (QED) is 0.430. The van der Waals surface area contributed by atoms with Crippen molar-refractivity contribution in [1.29, 1.82) is 0 Å². The zero-order chi connectivity index (χ0) is 15.1. The van der Waals surface area contributed by atoms with Gasteiger partial charge in [0.15, 0.2) is 0 Å². The van der Waals surface area contributed by atoms with Crippen LogP contribution in [-0.4, -0.2) is 36.5 Å². The Morgan fingerprint density at radius 1 is 1.45 bits per heavy atom. The summed E-state index contributed by atoms with van der Waals surface area (Å²) in [6, 6.07) is 3.73. The molecule has 0 bridgehead atoms. The lowest BCUT2D eigenvalue weighted by Crippen LogP contribution is -2.28. The third-order valence-electron chi connectivity index (χ3n) is 2.18. The van der Waals surface area contributed by atoms with Crippen LogP contribution in [0.2, 0.25) is 5.02 Å². The van der Waals surface area contributed by atoms with Crippen LogP contribution in [0.1, 0.15) is 10.4 Å². The van der Waals surface area contributed by atoms with E-state index in [1.54, 1.807) is 0 Å². The van der Waals surface area contributed by atoms with Crippen LogP contribution in [0.4, 0.5) is 5.69 Å². The number of halogens is 1. The van der Waals surface area contributed by atoms with Crippen LogP contribution in [0.15, 0.2) is 18.2 Å². The fourth-order valence-electron chi connectivity index (χ4n) is 1.31. The Hall–Kier alpha value is -2.19. The van der Waals surface area contributed by atoms with Gasteiger partial charge in [-0.25, -0.2) is 0 Å². The number of carbonyl (C=O) groups is 2. The standard InChI is InChI=1S/C11H12ClN3O5/c12-8-2-1-7(5-9(8)15(18)19)11(17)14-3-4-20-6-10(13)16/h1-2,5H,3-4,6H2,(H2,13,16)(H,14,17). The highest BCUT2D eigenvalue weighted by molar-refractivity contribution is 6.32. The highest BCUT2D eigenvalue weighted by Crippen LogP contribution is 2.24.